The number of ketones is 1. The number of ether oxygens (including phenoxy) is 1. The fourth-order valence-electron chi connectivity index (χ4n) is 3.71. The summed E-state index contributed by atoms with van der Waals surface area (Å²) in [6.45, 7) is 2.81. The summed E-state index contributed by atoms with van der Waals surface area (Å²) < 4.78 is 6.28. The van der Waals surface area contributed by atoms with Gasteiger partial charge in [-0.15, -0.1) is 0 Å². The number of hydrogen-bond acceptors (Lipinski definition) is 3. The molecule has 0 unspecified atom stereocenters. The molecule has 2 heterocycles. The number of Topliss-reactive ketones (excluding diaryl/α,β-unsaturated/α-hetero) is 1. The van der Waals surface area contributed by atoms with Crippen LogP contribution in [0.3, 0.4) is 0 Å². The van der Waals surface area contributed by atoms with E-state index < -0.39 is 0 Å². The van der Waals surface area contributed by atoms with Gasteiger partial charge in [-0.25, -0.2) is 0 Å². The van der Waals surface area contributed by atoms with Crippen LogP contribution in [0.4, 0.5) is 0 Å². The van der Waals surface area contributed by atoms with E-state index in [2.05, 4.69) is 29.2 Å². The summed E-state index contributed by atoms with van der Waals surface area (Å²) in [6.07, 6.45) is 2.17. The fourth-order valence-corrected chi connectivity index (χ4v) is 3.92. The van der Waals surface area contributed by atoms with Crippen LogP contribution in [0.5, 0.6) is 5.75 Å². The molecule has 2 aliphatic rings. The summed E-state index contributed by atoms with van der Waals surface area (Å²) in [6, 6.07) is 15.9. The van der Waals surface area contributed by atoms with Crippen molar-refractivity contribution in [3.05, 3.63) is 64.7 Å². The fraction of sp³-hybridized carbons (Fsp3) is 0.350. The van der Waals surface area contributed by atoms with Crippen LogP contribution in [0.2, 0.25) is 5.02 Å². The number of benzene rings is 2. The standard InChI is InChI=1S/C20H20ClNO2/c21-17-8-4-7-16-18(23)13-20(24-19(16)17)9-11-22(12-10-20)14-15-5-2-1-3-6-15/h1-8H,9-14H2. The van der Waals surface area contributed by atoms with Crippen LogP contribution < -0.4 is 4.74 Å². The smallest absolute Gasteiger partial charge is 0.170 e. The van der Waals surface area contributed by atoms with E-state index >= 15 is 0 Å². The molecular weight excluding hydrogens is 322 g/mol. The van der Waals surface area contributed by atoms with Crippen LogP contribution in [-0.2, 0) is 6.54 Å². The van der Waals surface area contributed by atoms with Crippen molar-refractivity contribution in [3.8, 4) is 5.75 Å². The first-order chi connectivity index (χ1) is 11.7. The van der Waals surface area contributed by atoms with Crippen molar-refractivity contribution in [2.45, 2.75) is 31.4 Å². The van der Waals surface area contributed by atoms with E-state index in [1.165, 1.54) is 5.56 Å². The van der Waals surface area contributed by atoms with Crippen LogP contribution in [-0.4, -0.2) is 29.4 Å². The van der Waals surface area contributed by atoms with Crippen molar-refractivity contribution in [1.82, 2.24) is 4.90 Å². The molecule has 2 aromatic carbocycles. The molecule has 4 rings (SSSR count). The number of carbonyl (C=O) groups excluding carboxylic acids is 1. The van der Waals surface area contributed by atoms with Crippen molar-refractivity contribution in [3.63, 3.8) is 0 Å². The number of likely N-dealkylation sites (tertiary alicyclic amines) is 1. The highest BCUT2D eigenvalue weighted by atomic mass is 35.5. The zero-order valence-corrected chi connectivity index (χ0v) is 14.3. The van der Waals surface area contributed by atoms with Gasteiger partial charge in [0, 0.05) is 32.5 Å². The van der Waals surface area contributed by atoms with Gasteiger partial charge in [-0.2, -0.15) is 0 Å². The van der Waals surface area contributed by atoms with Crippen molar-refractivity contribution in [2.75, 3.05) is 13.1 Å². The molecule has 0 N–H and O–H groups in total. The summed E-state index contributed by atoms with van der Waals surface area (Å²) in [5.74, 6) is 0.724. The summed E-state index contributed by atoms with van der Waals surface area (Å²) in [7, 11) is 0. The lowest BCUT2D eigenvalue weighted by atomic mass is 9.82. The Morgan fingerprint density at radius 2 is 1.79 bits per heavy atom. The largest absolute Gasteiger partial charge is 0.484 e. The first-order valence-electron chi connectivity index (χ1n) is 8.42. The van der Waals surface area contributed by atoms with Crippen molar-refractivity contribution < 1.29 is 9.53 Å². The Morgan fingerprint density at radius 3 is 2.54 bits per heavy atom. The highest BCUT2D eigenvalue weighted by Gasteiger charge is 2.43. The number of halogens is 1. The third-order valence-electron chi connectivity index (χ3n) is 5.08. The molecule has 1 saturated heterocycles. The molecule has 1 fully saturated rings. The molecule has 1 spiro atoms. The number of hydrogen-bond donors (Lipinski definition) is 0. The predicted molar refractivity (Wildman–Crippen MR) is 94.7 cm³/mol. The Labute approximate surface area is 147 Å². The molecule has 0 saturated carbocycles. The van der Waals surface area contributed by atoms with E-state index in [4.69, 9.17) is 16.3 Å². The van der Waals surface area contributed by atoms with Gasteiger partial charge in [0.1, 0.15) is 11.4 Å². The highest BCUT2D eigenvalue weighted by Crippen LogP contribution is 2.42. The first kappa shape index (κ1) is 15.7. The minimum atomic E-state index is -0.387. The van der Waals surface area contributed by atoms with E-state index in [0.29, 0.717) is 22.8 Å². The number of carbonyl (C=O) groups is 1. The minimum absolute atomic E-state index is 0.148. The number of nitrogens with zero attached hydrogens (tertiary/aromatic N) is 1. The van der Waals surface area contributed by atoms with Crippen LogP contribution in [0, 0.1) is 0 Å². The van der Waals surface area contributed by atoms with Gasteiger partial charge in [0.05, 0.1) is 17.0 Å². The van der Waals surface area contributed by atoms with Gasteiger partial charge in [0.25, 0.3) is 0 Å². The molecule has 0 radical (unpaired) electrons. The topological polar surface area (TPSA) is 29.5 Å². The average molecular weight is 342 g/mol. The Kier molecular flexibility index (Phi) is 4.07. The number of piperidine rings is 1. The Bertz CT molecular complexity index is 751. The lowest BCUT2D eigenvalue weighted by Gasteiger charge is -2.44. The van der Waals surface area contributed by atoms with Gasteiger partial charge < -0.3 is 4.74 Å². The summed E-state index contributed by atoms with van der Waals surface area (Å²) in [5.41, 5.74) is 1.56. The van der Waals surface area contributed by atoms with Gasteiger partial charge in [0.15, 0.2) is 5.78 Å². The van der Waals surface area contributed by atoms with Gasteiger partial charge in [0.2, 0.25) is 0 Å². The molecular formula is C20H20ClNO2. The molecule has 3 nitrogen and oxygen atoms in total. The van der Waals surface area contributed by atoms with E-state index in [1.807, 2.05) is 12.1 Å². The minimum Gasteiger partial charge on any atom is -0.484 e. The molecule has 0 amide bonds. The third-order valence-corrected chi connectivity index (χ3v) is 5.38. The molecule has 4 heteroatoms. The third kappa shape index (κ3) is 2.94. The van der Waals surface area contributed by atoms with E-state index in [0.717, 1.165) is 32.5 Å². The van der Waals surface area contributed by atoms with E-state index in [9.17, 15) is 4.79 Å². The Morgan fingerprint density at radius 1 is 1.04 bits per heavy atom. The maximum atomic E-state index is 12.5. The van der Waals surface area contributed by atoms with Gasteiger partial charge in [-0.1, -0.05) is 48.0 Å². The Balaban J connectivity index is 1.47. The normalized spacial score (nSPS) is 19.8. The zero-order chi connectivity index (χ0) is 16.6. The molecule has 0 atom stereocenters. The molecule has 0 aromatic heterocycles. The van der Waals surface area contributed by atoms with E-state index in [1.54, 1.807) is 12.1 Å². The summed E-state index contributed by atoms with van der Waals surface area (Å²) in [4.78, 5) is 15.0. The molecule has 0 aliphatic carbocycles. The second-order valence-corrected chi connectivity index (χ2v) is 7.17. The average Bonchev–Trinajstić information content (AvgIpc) is 2.59. The van der Waals surface area contributed by atoms with Gasteiger partial charge in [-0.3, -0.25) is 9.69 Å². The maximum Gasteiger partial charge on any atom is 0.170 e. The van der Waals surface area contributed by atoms with E-state index in [-0.39, 0.29) is 11.4 Å². The summed E-state index contributed by atoms with van der Waals surface area (Å²) in [5, 5.41) is 0.534. The molecule has 2 aliphatic heterocycles. The van der Waals surface area contributed by atoms with Crippen LogP contribution in [0.1, 0.15) is 35.2 Å². The maximum absolute atomic E-state index is 12.5. The van der Waals surface area contributed by atoms with Crippen molar-refractivity contribution >= 4 is 17.4 Å². The van der Waals surface area contributed by atoms with Crippen LogP contribution >= 0.6 is 11.6 Å². The second-order valence-electron chi connectivity index (χ2n) is 6.76. The molecule has 2 aromatic rings. The summed E-state index contributed by atoms with van der Waals surface area (Å²) >= 11 is 6.26. The predicted octanol–water partition coefficient (Wildman–Crippen LogP) is 4.34. The lowest BCUT2D eigenvalue weighted by Crippen LogP contribution is -2.50. The second kappa shape index (κ2) is 6.23. The van der Waals surface area contributed by atoms with Crippen LogP contribution in [0.25, 0.3) is 0 Å². The molecule has 24 heavy (non-hydrogen) atoms. The monoisotopic (exact) mass is 341 g/mol. The van der Waals surface area contributed by atoms with Crippen molar-refractivity contribution in [1.29, 1.82) is 0 Å². The van der Waals surface area contributed by atoms with Gasteiger partial charge >= 0.3 is 0 Å². The first-order valence-corrected chi connectivity index (χ1v) is 8.80. The van der Waals surface area contributed by atoms with Crippen LogP contribution in [0.15, 0.2) is 48.5 Å². The lowest BCUT2D eigenvalue weighted by molar-refractivity contribution is -0.0107. The Hall–Kier alpha value is -1.84. The number of rotatable bonds is 2. The zero-order valence-electron chi connectivity index (χ0n) is 13.5. The van der Waals surface area contributed by atoms with Gasteiger partial charge in [-0.05, 0) is 17.7 Å². The highest BCUT2D eigenvalue weighted by molar-refractivity contribution is 6.32. The molecule has 0 bridgehead atoms. The number of fused-ring (bicyclic) bond motifs is 1. The quantitative estimate of drug-likeness (QED) is 0.813. The SMILES string of the molecule is O=C1CC2(CCN(Cc3ccccc3)CC2)Oc2c(Cl)cccc21. The molecule has 124 valence electrons. The van der Waals surface area contributed by atoms with Crippen molar-refractivity contribution in [2.24, 2.45) is 0 Å². The number of para-hydroxylation sites is 1.